The van der Waals surface area contributed by atoms with E-state index in [-0.39, 0.29) is 9.83 Å². The number of thiol groups is 1. The molecule has 0 saturated carbocycles. The Bertz CT molecular complexity index is 130. The van der Waals surface area contributed by atoms with Crippen molar-refractivity contribution in [1.82, 2.24) is 4.31 Å². The van der Waals surface area contributed by atoms with Crippen LogP contribution in [0.3, 0.4) is 0 Å². The molecule has 9 heavy (non-hydrogen) atoms. The largest absolute Gasteiger partial charge is 0.286 e. The molecule has 1 heterocycles. The van der Waals surface area contributed by atoms with Crippen molar-refractivity contribution in [1.29, 1.82) is 0 Å². The van der Waals surface area contributed by atoms with E-state index in [4.69, 9.17) is 0 Å². The van der Waals surface area contributed by atoms with Crippen molar-refractivity contribution in [2.24, 2.45) is 0 Å². The Kier molecular flexibility index (Phi) is 2.78. The highest BCUT2D eigenvalue weighted by Gasteiger charge is 2.26. The van der Waals surface area contributed by atoms with Crippen LogP contribution < -0.4 is 0 Å². The van der Waals surface area contributed by atoms with Crippen molar-refractivity contribution in [2.45, 2.75) is 18.9 Å². The molecule has 52 valence electrons. The van der Waals surface area contributed by atoms with Gasteiger partial charge < -0.3 is 0 Å². The maximum atomic E-state index is 10.8. The summed E-state index contributed by atoms with van der Waals surface area (Å²) < 4.78 is 2.02. The van der Waals surface area contributed by atoms with Crippen molar-refractivity contribution < 1.29 is 4.79 Å². The van der Waals surface area contributed by atoms with Gasteiger partial charge in [-0.3, -0.25) is 4.79 Å². The Morgan fingerprint density at radius 2 is 2.44 bits per heavy atom. The van der Waals surface area contributed by atoms with Gasteiger partial charge in [0.1, 0.15) is 0 Å². The van der Waals surface area contributed by atoms with Crippen LogP contribution in [0.2, 0.25) is 0 Å². The molecule has 1 fully saturated rings. The van der Waals surface area contributed by atoms with E-state index in [9.17, 15) is 4.79 Å². The Balaban J connectivity index is 2.49. The van der Waals surface area contributed by atoms with Gasteiger partial charge in [0, 0.05) is 29.1 Å². The quantitative estimate of drug-likeness (QED) is 0.433. The first-order valence-electron chi connectivity index (χ1n) is 2.86. The third-order valence-corrected chi connectivity index (χ3v) is 2.68. The third kappa shape index (κ3) is 1.81. The average molecular weight is 257 g/mol. The normalized spacial score (nSPS) is 28.9. The summed E-state index contributed by atoms with van der Waals surface area (Å²) in [4.78, 5) is 10.8. The lowest BCUT2D eigenvalue weighted by Gasteiger charge is -2.12. The first-order chi connectivity index (χ1) is 4.22. The van der Waals surface area contributed by atoms with Gasteiger partial charge in [-0.25, -0.2) is 4.31 Å². The summed E-state index contributed by atoms with van der Waals surface area (Å²) in [6.07, 6.45) is 2.08. The van der Waals surface area contributed by atoms with Crippen LogP contribution in [0.25, 0.3) is 0 Å². The van der Waals surface area contributed by atoms with Crippen LogP contribution in [-0.4, -0.2) is 20.7 Å². The van der Waals surface area contributed by atoms with Crippen molar-refractivity contribution in [3.63, 3.8) is 0 Å². The molecule has 0 N–H and O–H groups in total. The van der Waals surface area contributed by atoms with Gasteiger partial charge in [0.2, 0.25) is 3.79 Å². The van der Waals surface area contributed by atoms with Gasteiger partial charge in [0.05, 0.1) is 6.04 Å². The summed E-state index contributed by atoms with van der Waals surface area (Å²) >= 11 is 5.96. The Morgan fingerprint density at radius 3 is 2.67 bits per heavy atom. The van der Waals surface area contributed by atoms with E-state index in [1.165, 1.54) is 0 Å². The molecule has 0 aliphatic carbocycles. The Hall–Kier alpha value is 0.710. The van der Waals surface area contributed by atoms with Crippen LogP contribution in [0.5, 0.6) is 0 Å². The maximum absolute atomic E-state index is 10.8. The zero-order valence-corrected chi connectivity index (χ0v) is 7.93. The van der Waals surface area contributed by atoms with Crippen LogP contribution in [0, 0.1) is 0 Å². The van der Waals surface area contributed by atoms with Crippen LogP contribution in [0.4, 0.5) is 0 Å². The number of hydrogen-bond donors (Lipinski definition) is 1. The summed E-state index contributed by atoms with van der Waals surface area (Å²) in [6.45, 7) is 0.947. The number of rotatable bonds is 1. The molecule has 1 aliphatic heterocycles. The monoisotopic (exact) mass is 257 g/mol. The first-order valence-corrected chi connectivity index (χ1v) is 4.34. The lowest BCUT2D eigenvalue weighted by atomic mass is 10.2. The fraction of sp³-hybridized carbons (Fsp3) is 0.800. The summed E-state index contributed by atoms with van der Waals surface area (Å²) in [5.41, 5.74) is 0. The van der Waals surface area contributed by atoms with Crippen molar-refractivity contribution >= 4 is 39.2 Å². The van der Waals surface area contributed by atoms with E-state index in [0.29, 0.717) is 0 Å². The molecule has 1 aliphatic rings. The summed E-state index contributed by atoms with van der Waals surface area (Å²) in [7, 11) is 0. The molecule has 2 nitrogen and oxygen atoms in total. The number of carbonyl (C=O) groups excluding carboxylic acids is 1. The molecular formula is C5H8INOS. The lowest BCUT2D eigenvalue weighted by Crippen LogP contribution is -2.25. The van der Waals surface area contributed by atoms with Gasteiger partial charge in [-0.2, -0.15) is 0 Å². The molecule has 1 rings (SSSR count). The van der Waals surface area contributed by atoms with Gasteiger partial charge in [0.25, 0.3) is 0 Å². The highest BCUT2D eigenvalue weighted by Crippen LogP contribution is 2.21. The molecular weight excluding hydrogens is 249 g/mol. The van der Waals surface area contributed by atoms with Crippen LogP contribution >= 0.6 is 35.4 Å². The lowest BCUT2D eigenvalue weighted by molar-refractivity contribution is -0.111. The summed E-state index contributed by atoms with van der Waals surface area (Å²) in [6, 6.07) is 0.0777. The van der Waals surface area contributed by atoms with Gasteiger partial charge in [-0.1, -0.05) is 12.8 Å². The standard InChI is InChI=1S/C5H8INOS/c6-5(8)4-2-1-3-7(4)9/h4,9H,1-3H2/t4-/m0/s1. The van der Waals surface area contributed by atoms with Crippen LogP contribution in [0.15, 0.2) is 0 Å². The fourth-order valence-electron chi connectivity index (χ4n) is 0.982. The zero-order chi connectivity index (χ0) is 6.85. The molecule has 0 aromatic carbocycles. The van der Waals surface area contributed by atoms with E-state index >= 15 is 0 Å². The van der Waals surface area contributed by atoms with Crippen molar-refractivity contribution in [3.8, 4) is 0 Å². The number of halogens is 1. The van der Waals surface area contributed by atoms with Crippen LogP contribution in [-0.2, 0) is 4.79 Å². The number of nitrogens with zero attached hydrogens (tertiary/aromatic N) is 1. The van der Waals surface area contributed by atoms with E-state index in [1.807, 2.05) is 26.9 Å². The third-order valence-electron chi connectivity index (χ3n) is 1.49. The van der Waals surface area contributed by atoms with E-state index in [2.05, 4.69) is 12.8 Å². The number of hydrogen-bond acceptors (Lipinski definition) is 3. The van der Waals surface area contributed by atoms with Gasteiger partial charge in [-0.05, 0) is 12.8 Å². The molecule has 0 unspecified atom stereocenters. The second kappa shape index (κ2) is 3.21. The molecule has 0 spiro atoms. The predicted molar refractivity (Wildman–Crippen MR) is 47.7 cm³/mol. The van der Waals surface area contributed by atoms with Crippen molar-refractivity contribution in [2.75, 3.05) is 6.54 Å². The highest BCUT2D eigenvalue weighted by molar-refractivity contribution is 14.1. The molecule has 0 aromatic rings. The minimum atomic E-state index is 0.0777. The number of carbonyl (C=O) groups is 1. The SMILES string of the molecule is O=C(I)[C@@H]1CCCN1S. The minimum Gasteiger partial charge on any atom is -0.286 e. The molecule has 4 heteroatoms. The van der Waals surface area contributed by atoms with E-state index in [0.717, 1.165) is 19.4 Å². The summed E-state index contributed by atoms with van der Waals surface area (Å²) in [5, 5.41) is 0. The van der Waals surface area contributed by atoms with E-state index < -0.39 is 0 Å². The highest BCUT2D eigenvalue weighted by atomic mass is 127. The van der Waals surface area contributed by atoms with Gasteiger partial charge in [0.15, 0.2) is 0 Å². The molecule has 0 radical (unpaired) electrons. The summed E-state index contributed by atoms with van der Waals surface area (Å²) in [5.74, 6) is 0. The molecule has 0 amide bonds. The second-order valence-corrected chi connectivity index (χ2v) is 3.70. The second-order valence-electron chi connectivity index (χ2n) is 2.13. The molecule has 1 atom stereocenters. The van der Waals surface area contributed by atoms with Crippen LogP contribution in [0.1, 0.15) is 12.8 Å². The molecule has 0 bridgehead atoms. The average Bonchev–Trinajstić information content (AvgIpc) is 2.13. The van der Waals surface area contributed by atoms with Gasteiger partial charge in [-0.15, -0.1) is 0 Å². The zero-order valence-electron chi connectivity index (χ0n) is 4.88. The Labute approximate surface area is 73.7 Å². The van der Waals surface area contributed by atoms with E-state index in [1.54, 1.807) is 0 Å². The molecule has 0 aromatic heterocycles. The topological polar surface area (TPSA) is 20.3 Å². The first kappa shape index (κ1) is 7.81. The fourth-order valence-corrected chi connectivity index (χ4v) is 2.21. The minimum absolute atomic E-state index is 0.0777. The van der Waals surface area contributed by atoms with Crippen molar-refractivity contribution in [3.05, 3.63) is 0 Å². The Morgan fingerprint density at radius 1 is 1.78 bits per heavy atom. The maximum Gasteiger partial charge on any atom is 0.210 e. The predicted octanol–water partition coefficient (Wildman–Crippen LogP) is 1.26. The van der Waals surface area contributed by atoms with Gasteiger partial charge >= 0.3 is 0 Å². The smallest absolute Gasteiger partial charge is 0.210 e. The molecule has 1 saturated heterocycles.